The van der Waals surface area contributed by atoms with Gasteiger partial charge in [0, 0.05) is 12.2 Å². The normalized spacial score (nSPS) is 17.8. The third-order valence-corrected chi connectivity index (χ3v) is 4.34. The zero-order valence-corrected chi connectivity index (χ0v) is 15.6. The lowest BCUT2D eigenvalue weighted by molar-refractivity contribution is -0.136. The fourth-order valence-corrected chi connectivity index (χ4v) is 3.12. The Bertz CT molecular complexity index is 653. The number of thiocarbonyl (C=S) groups is 1. The number of ether oxygens (including phenoxy) is 2. The maximum Gasteiger partial charge on any atom is 0.337 e. The molecule has 1 aromatic carbocycles. The van der Waals surface area contributed by atoms with Crippen LogP contribution in [0, 0.1) is 5.92 Å². The van der Waals surface area contributed by atoms with Gasteiger partial charge in [0.1, 0.15) is 5.75 Å². The highest BCUT2D eigenvalue weighted by Crippen LogP contribution is 2.32. The van der Waals surface area contributed by atoms with Crippen LogP contribution in [0.1, 0.15) is 32.4 Å². The minimum Gasteiger partial charge on any atom is -0.497 e. The molecule has 0 saturated carbocycles. The highest BCUT2D eigenvalue weighted by molar-refractivity contribution is 7.80. The number of rotatable bonds is 5. The molecule has 1 unspecified atom stereocenters. The molecule has 0 radical (unpaired) electrons. The minimum atomic E-state index is -0.350. The van der Waals surface area contributed by atoms with Crippen LogP contribution >= 0.6 is 12.2 Å². The second kappa shape index (κ2) is 7.66. The largest absolute Gasteiger partial charge is 0.497 e. The van der Waals surface area contributed by atoms with Crippen molar-refractivity contribution in [1.29, 1.82) is 0 Å². The van der Waals surface area contributed by atoms with Gasteiger partial charge in [-0.15, -0.1) is 0 Å². The summed E-state index contributed by atoms with van der Waals surface area (Å²) in [5, 5.41) is 3.90. The lowest BCUT2D eigenvalue weighted by Crippen LogP contribution is -2.48. The Morgan fingerprint density at radius 2 is 1.92 bits per heavy atom. The summed E-state index contributed by atoms with van der Waals surface area (Å²) in [4.78, 5) is 14.4. The van der Waals surface area contributed by atoms with Crippen LogP contribution in [-0.2, 0) is 9.53 Å². The van der Waals surface area contributed by atoms with E-state index in [1.165, 1.54) is 7.11 Å². The van der Waals surface area contributed by atoms with Crippen LogP contribution < -0.4 is 10.1 Å². The molecule has 0 saturated heterocycles. The maximum atomic E-state index is 12.4. The highest BCUT2D eigenvalue weighted by atomic mass is 32.1. The average Bonchev–Trinajstić information content (AvgIpc) is 2.57. The molecule has 0 aromatic heterocycles. The van der Waals surface area contributed by atoms with Gasteiger partial charge in [-0.1, -0.05) is 26.0 Å². The van der Waals surface area contributed by atoms with E-state index in [4.69, 9.17) is 21.7 Å². The fraction of sp³-hybridized carbons (Fsp3) is 0.444. The number of nitrogens with zero attached hydrogens (tertiary/aromatic N) is 1. The number of carbonyl (C=O) groups excluding carboxylic acids is 1. The highest BCUT2D eigenvalue weighted by Gasteiger charge is 2.34. The Kier molecular flexibility index (Phi) is 5.83. The summed E-state index contributed by atoms with van der Waals surface area (Å²) in [6.07, 6.45) is 0. The topological polar surface area (TPSA) is 50.8 Å². The van der Waals surface area contributed by atoms with Crippen molar-refractivity contribution in [3.05, 3.63) is 41.1 Å². The molecule has 0 amide bonds. The monoisotopic (exact) mass is 348 g/mol. The summed E-state index contributed by atoms with van der Waals surface area (Å²) in [5.41, 5.74) is 2.35. The van der Waals surface area contributed by atoms with Gasteiger partial charge >= 0.3 is 5.97 Å². The molecule has 130 valence electrons. The standard InChI is InChI=1S/C18H24N2O3S/c1-11(2)10-20-12(3)15(17(21)23-5)16(19-18(20)24)13-6-8-14(22-4)9-7-13/h6-9,11,16H,10H2,1-5H3,(H,19,24). The van der Waals surface area contributed by atoms with Gasteiger partial charge in [-0.25, -0.2) is 4.79 Å². The molecule has 0 fully saturated rings. The summed E-state index contributed by atoms with van der Waals surface area (Å²) in [7, 11) is 3.02. The summed E-state index contributed by atoms with van der Waals surface area (Å²) in [6, 6.07) is 7.25. The molecule has 1 atom stereocenters. The first-order valence-corrected chi connectivity index (χ1v) is 8.31. The quantitative estimate of drug-likeness (QED) is 0.652. The van der Waals surface area contributed by atoms with E-state index in [9.17, 15) is 4.79 Å². The van der Waals surface area contributed by atoms with Gasteiger partial charge < -0.3 is 19.7 Å². The molecule has 0 bridgehead atoms. The first-order valence-electron chi connectivity index (χ1n) is 7.90. The van der Waals surface area contributed by atoms with Crippen LogP contribution in [-0.4, -0.2) is 36.7 Å². The number of hydrogen-bond donors (Lipinski definition) is 1. The number of esters is 1. The zero-order chi connectivity index (χ0) is 17.9. The molecule has 5 nitrogen and oxygen atoms in total. The van der Waals surface area contributed by atoms with Crippen LogP contribution in [0.2, 0.25) is 0 Å². The summed E-state index contributed by atoms with van der Waals surface area (Å²) in [5.74, 6) is 0.826. The van der Waals surface area contributed by atoms with Gasteiger partial charge in [0.15, 0.2) is 5.11 Å². The van der Waals surface area contributed by atoms with E-state index in [1.54, 1.807) is 7.11 Å². The van der Waals surface area contributed by atoms with Crippen LogP contribution in [0.15, 0.2) is 35.5 Å². The van der Waals surface area contributed by atoms with Crippen molar-refractivity contribution < 1.29 is 14.3 Å². The first kappa shape index (κ1) is 18.3. The molecule has 1 heterocycles. The molecule has 1 aromatic rings. The van der Waals surface area contributed by atoms with E-state index >= 15 is 0 Å². The molecule has 6 heteroatoms. The third kappa shape index (κ3) is 3.70. The molecule has 1 aliphatic rings. The van der Waals surface area contributed by atoms with E-state index in [0.29, 0.717) is 16.6 Å². The Labute approximate surface area is 148 Å². The second-order valence-electron chi connectivity index (χ2n) is 6.15. The number of allylic oxidation sites excluding steroid dienone is 1. The molecule has 24 heavy (non-hydrogen) atoms. The number of methoxy groups -OCH3 is 2. The van der Waals surface area contributed by atoms with Crippen LogP contribution in [0.3, 0.4) is 0 Å². The first-order chi connectivity index (χ1) is 11.4. The van der Waals surface area contributed by atoms with Gasteiger partial charge in [-0.2, -0.15) is 0 Å². The average molecular weight is 348 g/mol. The molecule has 1 N–H and O–H groups in total. The van der Waals surface area contributed by atoms with Crippen molar-refractivity contribution in [1.82, 2.24) is 10.2 Å². The SMILES string of the molecule is COC(=O)C1=C(C)N(CC(C)C)C(=S)NC1c1ccc(OC)cc1. The van der Waals surface area contributed by atoms with Crippen LogP contribution in [0.25, 0.3) is 0 Å². The van der Waals surface area contributed by atoms with Crippen molar-refractivity contribution in [3.63, 3.8) is 0 Å². The minimum absolute atomic E-state index is 0.334. The Morgan fingerprint density at radius 3 is 2.42 bits per heavy atom. The van der Waals surface area contributed by atoms with Crippen molar-refractivity contribution in [2.24, 2.45) is 5.92 Å². The third-order valence-electron chi connectivity index (χ3n) is 4.00. The van der Waals surface area contributed by atoms with Crippen molar-refractivity contribution in [2.75, 3.05) is 20.8 Å². The predicted molar refractivity (Wildman–Crippen MR) is 97.7 cm³/mol. The molecule has 0 aliphatic carbocycles. The van der Waals surface area contributed by atoms with Gasteiger partial charge in [-0.05, 0) is 42.8 Å². The summed E-state index contributed by atoms with van der Waals surface area (Å²) in [6.45, 7) is 6.89. The van der Waals surface area contributed by atoms with Gasteiger partial charge in [0.2, 0.25) is 0 Å². The number of hydrogen-bond acceptors (Lipinski definition) is 4. The molecular formula is C18H24N2O3S. The smallest absolute Gasteiger partial charge is 0.337 e. The van der Waals surface area contributed by atoms with E-state index in [0.717, 1.165) is 23.6 Å². The number of carbonyl (C=O) groups is 1. The van der Waals surface area contributed by atoms with Crippen molar-refractivity contribution in [3.8, 4) is 5.75 Å². The predicted octanol–water partition coefficient (Wildman–Crippen LogP) is 3.03. The number of nitrogens with one attached hydrogen (secondary N) is 1. The van der Waals surface area contributed by atoms with E-state index < -0.39 is 0 Å². The molecule has 0 spiro atoms. The molecule has 2 rings (SSSR count). The van der Waals surface area contributed by atoms with Gasteiger partial charge in [-0.3, -0.25) is 0 Å². The van der Waals surface area contributed by atoms with Crippen LogP contribution in [0.5, 0.6) is 5.75 Å². The molecular weight excluding hydrogens is 324 g/mol. The van der Waals surface area contributed by atoms with Crippen LogP contribution in [0.4, 0.5) is 0 Å². The summed E-state index contributed by atoms with van der Waals surface area (Å²) >= 11 is 5.53. The van der Waals surface area contributed by atoms with E-state index in [2.05, 4.69) is 19.2 Å². The fourth-order valence-electron chi connectivity index (χ4n) is 2.79. The van der Waals surface area contributed by atoms with Gasteiger partial charge in [0.25, 0.3) is 0 Å². The Hall–Kier alpha value is -2.08. The van der Waals surface area contributed by atoms with E-state index in [-0.39, 0.29) is 12.0 Å². The van der Waals surface area contributed by atoms with E-state index in [1.807, 2.05) is 36.1 Å². The maximum absolute atomic E-state index is 12.4. The Morgan fingerprint density at radius 1 is 1.29 bits per heavy atom. The Balaban J connectivity index is 2.47. The lowest BCUT2D eigenvalue weighted by Gasteiger charge is -2.38. The zero-order valence-electron chi connectivity index (χ0n) is 14.8. The van der Waals surface area contributed by atoms with Crippen molar-refractivity contribution >= 4 is 23.3 Å². The molecule has 1 aliphatic heterocycles. The number of benzene rings is 1. The van der Waals surface area contributed by atoms with Gasteiger partial charge in [0.05, 0.1) is 25.8 Å². The second-order valence-corrected chi connectivity index (χ2v) is 6.54. The van der Waals surface area contributed by atoms with Crippen molar-refractivity contribution in [2.45, 2.75) is 26.8 Å². The summed E-state index contributed by atoms with van der Waals surface area (Å²) < 4.78 is 10.2. The lowest BCUT2D eigenvalue weighted by atomic mass is 9.94.